The van der Waals surface area contributed by atoms with Crippen LogP contribution < -0.4 is 21.6 Å². The summed E-state index contributed by atoms with van der Waals surface area (Å²) in [6.45, 7) is 11.7. The number of aromatic amines is 1. The van der Waals surface area contributed by atoms with Crippen LogP contribution in [0.5, 0.6) is 0 Å². The first kappa shape index (κ1) is 79.5. The number of nitrogens with one attached hydrogen (secondary N) is 2. The van der Waals surface area contributed by atoms with Gasteiger partial charge in [-0.3, -0.25) is 28.6 Å². The number of likely N-dealkylation sites (tertiary alicyclic amines) is 1. The molecule has 0 aromatic carbocycles. The lowest BCUT2D eigenvalue weighted by Gasteiger charge is -2.47. The minimum Gasteiger partial charge on any atom is -0.456 e. The SMILES string of the molecule is CO[C@H]1C[C@@H](C)[C@@]2(O)O[C@H]1[C@H](OC)C[C@H](C)C/C(C)=C\[C@H](C/C=C/C(=O)NCCSSCCOC(=O)N(CCN1CCCCC1)c1ccc(Cn3c(=O)[nH]c4c(N)nc(C(F)(F)F)cc43)cn1)C(=O)C[C@H](O)[C@@H](C)[C@@H](/C(C)=C/[C@@H]1CC[C@@H](O)[C@H](OC)C1)OC(=O)C1CCCCN1C(=O)C2=O. The normalized spacial score (nSPS) is 29.7. The number of anilines is 2. The van der Waals surface area contributed by atoms with E-state index in [9.17, 15) is 62.1 Å². The third-order valence-corrected chi connectivity index (χ3v) is 22.3. The molecule has 3 amide bonds. The van der Waals surface area contributed by atoms with Gasteiger partial charge in [-0.25, -0.2) is 24.4 Å². The van der Waals surface area contributed by atoms with Crippen LogP contribution in [0.2, 0.25) is 0 Å². The monoisotopic (exact) mass is 1440 g/mol. The first-order valence-electron chi connectivity index (χ1n) is 34.7. The Bertz CT molecular complexity index is 3440. The largest absolute Gasteiger partial charge is 0.456 e. The quantitative estimate of drug-likeness (QED) is 0.0148. The van der Waals surface area contributed by atoms with E-state index in [0.29, 0.717) is 74.1 Å². The number of nitrogens with two attached hydrogens (primary N) is 1. The smallest absolute Gasteiger partial charge is 0.433 e. The molecular weight excluding hydrogens is 1340 g/mol. The summed E-state index contributed by atoms with van der Waals surface area (Å²) < 4.78 is 77.9. The maximum Gasteiger partial charge on any atom is 0.433 e. The molecule has 1 saturated carbocycles. The zero-order valence-corrected chi connectivity index (χ0v) is 60.1. The summed E-state index contributed by atoms with van der Waals surface area (Å²) in [5, 5.41) is 37.9. The molecule has 1 aliphatic carbocycles. The number of amides is 3. The van der Waals surface area contributed by atoms with Gasteiger partial charge in [0, 0.05) is 89.4 Å². The minimum absolute atomic E-state index is 0.0191. The number of pyridine rings is 2. The van der Waals surface area contributed by atoms with Gasteiger partial charge in [0.15, 0.2) is 0 Å². The molecule has 4 aliphatic heterocycles. The zero-order valence-electron chi connectivity index (χ0n) is 58.5. The van der Waals surface area contributed by atoms with Crippen molar-refractivity contribution < 1.29 is 85.7 Å². The van der Waals surface area contributed by atoms with E-state index in [0.717, 1.165) is 53.5 Å². The molecule has 5 aliphatic rings. The van der Waals surface area contributed by atoms with E-state index in [-0.39, 0.29) is 92.9 Å². The number of allylic oxidation sites excluding steroid dienone is 4. The Morgan fingerprint density at radius 2 is 1.62 bits per heavy atom. The van der Waals surface area contributed by atoms with Crippen LogP contribution in [0.3, 0.4) is 0 Å². The van der Waals surface area contributed by atoms with Gasteiger partial charge in [0.2, 0.25) is 11.7 Å². The topological polar surface area (TPSA) is 330 Å². The molecule has 3 aromatic heterocycles. The van der Waals surface area contributed by atoms with Crippen molar-refractivity contribution >= 4 is 79.7 Å². The lowest BCUT2D eigenvalue weighted by molar-refractivity contribution is -0.302. The Balaban J connectivity index is 0.905. The number of H-pyrrole nitrogens is 1. The van der Waals surface area contributed by atoms with Crippen molar-refractivity contribution in [1.29, 1.82) is 0 Å². The van der Waals surface area contributed by atoms with Crippen molar-refractivity contribution in [3.63, 3.8) is 0 Å². The number of carbonyl (C=O) groups is 6. The van der Waals surface area contributed by atoms with Crippen LogP contribution in [-0.4, -0.2) is 213 Å². The molecule has 1 unspecified atom stereocenters. The highest BCUT2D eigenvalue weighted by Crippen LogP contribution is 2.40. The lowest BCUT2D eigenvalue weighted by atomic mass is 9.81. The summed E-state index contributed by atoms with van der Waals surface area (Å²) >= 11 is 0. The Morgan fingerprint density at radius 1 is 0.910 bits per heavy atom. The van der Waals surface area contributed by atoms with Crippen LogP contribution in [0.1, 0.15) is 136 Å². The molecule has 3 aromatic rings. The van der Waals surface area contributed by atoms with E-state index < -0.39 is 125 Å². The van der Waals surface area contributed by atoms with Crippen molar-refractivity contribution in [3.05, 3.63) is 81.6 Å². The molecule has 14 atom stereocenters. The molecule has 100 heavy (non-hydrogen) atoms. The van der Waals surface area contributed by atoms with Crippen LogP contribution in [0.15, 0.2) is 64.6 Å². The number of hydrogen-bond donors (Lipinski definition) is 6. The van der Waals surface area contributed by atoms with Gasteiger partial charge in [0.1, 0.15) is 53.5 Å². The standard InChI is InChI=1S/C70H100F3N9O16S2/c1-41-31-42(2)33-55(94-7)62-56(95-8)35-44(4)69(92,98-62)63(87)65(88)80-25-13-10-16-49(80)66(89)97-61(43(3)34-46-18-20-51(83)54(36-46)93-6)45(5)52(84)38-53(85)48(32-41)15-14-17-59(86)75-22-29-99-100-30-28-96-68(91)81(27-26-79-23-11-9-12-24-79)58-21-19-47(39-76-58)40-82-50-37-57(70(71,72)73)77-64(74)60(50)78-67(82)90/h14,17,19,21,32,34,37,39,42,44-46,48-49,51-52,54-56,61-62,83-84,92H,9-13,15-16,18,20,22-31,33,35-36,38,40H2,1-8H3,(H2,74,77)(H,75,86)(H,78,90)/b17-14+,41-32-,43-34+/t42-,44-,45-,46+,48+,49?,51-,52+,54-,55-,56+,61-,62+,69-/m1/s1. The molecule has 7 heterocycles. The summed E-state index contributed by atoms with van der Waals surface area (Å²) in [5.74, 6) is -8.63. The average Bonchev–Trinajstić information content (AvgIpc) is 1.14. The number of nitrogens with zero attached hydrogens (tertiary/aromatic N) is 6. The van der Waals surface area contributed by atoms with Crippen LogP contribution >= 0.6 is 21.6 Å². The summed E-state index contributed by atoms with van der Waals surface area (Å²) in [7, 11) is 7.41. The number of aliphatic hydroxyl groups excluding tert-OH is 2. The highest BCUT2D eigenvalue weighted by atomic mass is 33.1. The molecule has 3 saturated heterocycles. The number of ketones is 2. The van der Waals surface area contributed by atoms with Crippen LogP contribution in [0.4, 0.5) is 29.6 Å². The van der Waals surface area contributed by atoms with E-state index in [1.165, 1.54) is 60.1 Å². The van der Waals surface area contributed by atoms with E-state index in [2.05, 4.69) is 25.2 Å². The number of carbonyl (C=O) groups excluding carboxylic acids is 6. The number of alkyl halides is 3. The Hall–Kier alpha value is -6.22. The number of aromatic nitrogens is 4. The minimum atomic E-state index is -4.80. The van der Waals surface area contributed by atoms with Crippen molar-refractivity contribution in [2.45, 2.75) is 192 Å². The number of rotatable bonds is 21. The number of cyclic esters (lactones) is 1. The fraction of sp³-hybridized carbons (Fsp3) is 0.671. The highest BCUT2D eigenvalue weighted by Gasteiger charge is 2.57. The van der Waals surface area contributed by atoms with Crippen LogP contribution in [0.25, 0.3) is 11.0 Å². The second-order valence-corrected chi connectivity index (χ2v) is 30.0. The third-order valence-electron chi connectivity index (χ3n) is 19.9. The van der Waals surface area contributed by atoms with Crippen molar-refractivity contribution in [3.8, 4) is 0 Å². The lowest BCUT2D eigenvalue weighted by Crippen LogP contribution is -2.64. The Morgan fingerprint density at radius 3 is 2.32 bits per heavy atom. The second kappa shape index (κ2) is 36.8. The number of Topliss-reactive ketones (excluding diaryl/α,β-unsaturated/α-hetero) is 2. The Labute approximate surface area is 589 Å². The number of imidazole rings is 1. The number of hydrogen-bond acceptors (Lipinski definition) is 22. The van der Waals surface area contributed by atoms with Gasteiger partial charge in [-0.15, -0.1) is 0 Å². The fourth-order valence-electron chi connectivity index (χ4n) is 14.3. The van der Waals surface area contributed by atoms with E-state index in [1.54, 1.807) is 39.0 Å². The molecule has 0 radical (unpaired) electrons. The number of nitrogen functional groups attached to an aromatic ring is 1. The van der Waals surface area contributed by atoms with Gasteiger partial charge < -0.3 is 69.6 Å². The van der Waals surface area contributed by atoms with Crippen molar-refractivity contribution in [2.24, 2.45) is 29.6 Å². The van der Waals surface area contributed by atoms with Gasteiger partial charge in [-0.1, -0.05) is 78.6 Å². The predicted molar refractivity (Wildman–Crippen MR) is 372 cm³/mol. The molecule has 8 rings (SSSR count). The second-order valence-electron chi connectivity index (χ2n) is 27.3. The average molecular weight is 1440 g/mol. The highest BCUT2D eigenvalue weighted by molar-refractivity contribution is 8.76. The zero-order chi connectivity index (χ0) is 72.6. The predicted octanol–water partition coefficient (Wildman–Crippen LogP) is 7.72. The van der Waals surface area contributed by atoms with Gasteiger partial charge in [-0.05, 0) is 145 Å². The maximum absolute atomic E-state index is 14.7. The van der Waals surface area contributed by atoms with Gasteiger partial charge in [-0.2, -0.15) is 13.2 Å². The number of aliphatic hydroxyl groups is 3. The van der Waals surface area contributed by atoms with Gasteiger partial charge >= 0.3 is 23.9 Å². The molecular formula is C70H100F3N9O16S2. The first-order chi connectivity index (χ1) is 47.6. The summed E-state index contributed by atoms with van der Waals surface area (Å²) in [6.07, 6.45) is 3.33. The number of halogens is 3. The van der Waals surface area contributed by atoms with Crippen LogP contribution in [-0.2, 0) is 65.1 Å². The van der Waals surface area contributed by atoms with E-state index in [1.807, 2.05) is 26.0 Å². The van der Waals surface area contributed by atoms with E-state index in [4.69, 9.17) is 34.2 Å². The Kier molecular flexibility index (Phi) is 29.2. The van der Waals surface area contributed by atoms with Crippen molar-refractivity contribution in [1.82, 2.24) is 34.6 Å². The maximum atomic E-state index is 14.7. The van der Waals surface area contributed by atoms with Gasteiger partial charge in [0.05, 0.1) is 42.6 Å². The summed E-state index contributed by atoms with van der Waals surface area (Å²) in [5.41, 5.74) is 5.62. The van der Waals surface area contributed by atoms with Crippen LogP contribution in [0, 0.1) is 29.6 Å². The molecule has 554 valence electrons. The third kappa shape index (κ3) is 20.8. The molecule has 0 spiro atoms. The molecule has 4 fully saturated rings. The number of esters is 1. The molecule has 30 heteroatoms. The fourth-order valence-corrected chi connectivity index (χ4v) is 16.0. The molecule has 2 bridgehead atoms. The summed E-state index contributed by atoms with van der Waals surface area (Å²) in [4.78, 5) is 114. The number of methoxy groups -OCH3 is 3. The number of piperidine rings is 2. The van der Waals surface area contributed by atoms with Crippen molar-refractivity contribution in [2.75, 3.05) is 89.3 Å². The molecule has 7 N–H and O–H groups in total. The number of fused-ring (bicyclic) bond motifs is 4. The number of ether oxygens (including phenoxy) is 6. The van der Waals surface area contributed by atoms with E-state index >= 15 is 0 Å². The summed E-state index contributed by atoms with van der Waals surface area (Å²) in [6, 6.07) is 2.74. The first-order valence-corrected chi connectivity index (χ1v) is 37.2. The van der Waals surface area contributed by atoms with Gasteiger partial charge in [0.25, 0.3) is 11.7 Å². The molecule has 25 nitrogen and oxygen atoms in total.